The van der Waals surface area contributed by atoms with Crippen LogP contribution in [0, 0.1) is 12.7 Å². The summed E-state index contributed by atoms with van der Waals surface area (Å²) in [5.74, 6) is -5.34. The number of nitrogens with one attached hydrogen (secondary N) is 8. The van der Waals surface area contributed by atoms with Crippen LogP contribution in [0.15, 0.2) is 23.5 Å². The molecule has 3 atom stereocenters. The van der Waals surface area contributed by atoms with Crippen LogP contribution in [0.25, 0.3) is 16.6 Å². The number of aliphatic hydroxyl groups excluding tert-OH is 1. The molecule has 4 aliphatic heterocycles. The van der Waals surface area contributed by atoms with Gasteiger partial charge < -0.3 is 86.1 Å². The normalized spacial score (nSPS) is 18.5. The topological polar surface area (TPSA) is 390 Å². The molecule has 2 saturated heterocycles. The van der Waals surface area contributed by atoms with E-state index in [1.807, 2.05) is 20.8 Å². The summed E-state index contributed by atoms with van der Waals surface area (Å²) in [6.07, 6.45) is 5.18. The number of imide groups is 1. The molecule has 0 spiro atoms. The zero-order chi connectivity index (χ0) is 64.3. The first-order valence-electron chi connectivity index (χ1n) is 28.9. The Hall–Kier alpha value is -6.99. The van der Waals surface area contributed by atoms with Gasteiger partial charge >= 0.3 is 5.97 Å². The van der Waals surface area contributed by atoms with E-state index in [1.165, 1.54) is 6.07 Å². The Morgan fingerprint density at radius 3 is 1.90 bits per heavy atom. The summed E-state index contributed by atoms with van der Waals surface area (Å²) in [5.41, 5.74) is 3.75. The number of halogens is 1. The summed E-state index contributed by atoms with van der Waals surface area (Å²) in [6.45, 7) is 7.74. The Labute approximate surface area is 533 Å². The third-order valence-electron chi connectivity index (χ3n) is 14.7. The summed E-state index contributed by atoms with van der Waals surface area (Å²) in [5, 5.41) is 42.8. The first kappa shape index (κ1) is 74.5. The summed E-state index contributed by atoms with van der Waals surface area (Å²) >= 11 is 4.04. The van der Waals surface area contributed by atoms with Crippen LogP contribution in [0.3, 0.4) is 0 Å². The Morgan fingerprint density at radius 1 is 0.809 bits per heavy atom. The minimum Gasteiger partial charge on any atom is -0.508 e. The molecule has 9 amide bonds. The van der Waals surface area contributed by atoms with Crippen LogP contribution in [0.1, 0.15) is 85.9 Å². The van der Waals surface area contributed by atoms with Crippen molar-refractivity contribution in [3.8, 4) is 0 Å². The number of benzene rings is 1. The molecule has 1 aromatic heterocycles. The number of esters is 1. The number of aryl methyl sites for hydroxylation is 1. The predicted octanol–water partition coefficient (Wildman–Crippen LogP) is -2.13. The number of cyclic esters (lactones) is 1. The van der Waals surface area contributed by atoms with Gasteiger partial charge in [-0.3, -0.25) is 48.1 Å². The van der Waals surface area contributed by atoms with Gasteiger partial charge in [0.05, 0.1) is 108 Å². The van der Waals surface area contributed by atoms with Crippen molar-refractivity contribution in [3.63, 3.8) is 0 Å². The maximum Gasteiger partial charge on any atom is 0.343 e. The van der Waals surface area contributed by atoms with Crippen molar-refractivity contribution < 1.29 is 112 Å². The number of aliphatic hydroxyl groups is 2. The van der Waals surface area contributed by atoms with E-state index in [2.05, 4.69) is 55.2 Å². The smallest absolute Gasteiger partial charge is 0.343 e. The van der Waals surface area contributed by atoms with E-state index in [4.69, 9.17) is 33.5 Å². The number of likely N-dealkylation sites (tertiary alicyclic amines) is 2. The van der Waals surface area contributed by atoms with E-state index in [-0.39, 0.29) is 159 Å². The number of carbonyl (C=O) groups excluding carboxylic acids is 11. The zero-order valence-electron chi connectivity index (χ0n) is 50.1. The van der Waals surface area contributed by atoms with E-state index in [1.54, 1.807) is 17.9 Å². The van der Waals surface area contributed by atoms with Crippen LogP contribution in [0.5, 0.6) is 0 Å². The van der Waals surface area contributed by atoms with E-state index < -0.39 is 59.4 Å². The Balaban J connectivity index is 0.000000407. The molecule has 0 saturated carbocycles. The molecule has 490 valence electrons. The minimum absolute atomic E-state index is 0. The van der Waals surface area contributed by atoms with Crippen LogP contribution in [0.2, 0.25) is 0 Å². The van der Waals surface area contributed by atoms with Gasteiger partial charge in [-0.15, -0.1) is 0 Å². The van der Waals surface area contributed by atoms with Crippen molar-refractivity contribution in [2.75, 3.05) is 125 Å². The molecular weight excluding hydrogens is 1360 g/mol. The van der Waals surface area contributed by atoms with Crippen molar-refractivity contribution in [2.45, 2.75) is 88.7 Å². The molecule has 0 radical (unpaired) electrons. The second-order valence-corrected chi connectivity index (χ2v) is 21.1. The van der Waals surface area contributed by atoms with Crippen LogP contribution in [-0.2, 0) is 110 Å². The number of thiol groups is 1. The van der Waals surface area contributed by atoms with Crippen molar-refractivity contribution in [2.24, 2.45) is 0 Å². The molecule has 1 aliphatic carbocycles. The number of fused-ring (bicyclic) bond motifs is 2. The largest absolute Gasteiger partial charge is 0.508 e. The number of ether oxygens (including phenoxy) is 5. The fraction of sp³-hybridized carbons (Fsp3) is 0.579. The minimum atomic E-state index is -1.94. The zero-order valence-corrected chi connectivity index (χ0v) is 53.9. The maximum absolute atomic E-state index is 14.7. The molecule has 5 aliphatic rings. The van der Waals surface area contributed by atoms with Gasteiger partial charge in [0.25, 0.3) is 0 Å². The Kier molecular flexibility index (Phi) is 31.7. The number of hydrogen-bond acceptors (Lipinski definition) is 22. The van der Waals surface area contributed by atoms with E-state index in [9.17, 15) is 62.5 Å². The van der Waals surface area contributed by atoms with Gasteiger partial charge in [0.2, 0.25) is 53.2 Å². The van der Waals surface area contributed by atoms with Gasteiger partial charge in [-0.05, 0) is 68.8 Å². The fourth-order valence-electron chi connectivity index (χ4n) is 9.91. The van der Waals surface area contributed by atoms with Crippen molar-refractivity contribution in [1.29, 1.82) is 0 Å². The van der Waals surface area contributed by atoms with Gasteiger partial charge in [0.1, 0.15) is 25.0 Å². The molecule has 7 rings (SSSR count). The molecule has 89 heavy (non-hydrogen) atoms. The van der Waals surface area contributed by atoms with Gasteiger partial charge in [-0.1, -0.05) is 6.92 Å². The average Bonchev–Trinajstić information content (AvgIpc) is 2.14. The van der Waals surface area contributed by atoms with Crippen molar-refractivity contribution >= 4 is 95.2 Å². The molecule has 2 aromatic rings. The number of aromatic nitrogens is 1. The Bertz CT molecular complexity index is 2940. The summed E-state index contributed by atoms with van der Waals surface area (Å²) in [4.78, 5) is 134. The number of carbonyl (C=O) groups is 11. The number of pyridine rings is 1. The molecule has 10 N–H and O–H groups in total. The molecule has 2 fully saturated rings. The van der Waals surface area contributed by atoms with Gasteiger partial charge in [0, 0.05) is 102 Å². The molecule has 3 unspecified atom stereocenters. The number of nitrogens with zero attached hydrogens (tertiary/aromatic N) is 3. The average molecular weight is 1440 g/mol. The second-order valence-electron chi connectivity index (χ2n) is 20.5. The van der Waals surface area contributed by atoms with Crippen LogP contribution < -0.4 is 42.5 Å². The van der Waals surface area contributed by atoms with Crippen LogP contribution in [0.4, 0.5) is 4.39 Å². The number of amides is 9. The second kappa shape index (κ2) is 37.9. The van der Waals surface area contributed by atoms with Crippen molar-refractivity contribution in [1.82, 2.24) is 57.3 Å². The first-order valence-corrected chi connectivity index (χ1v) is 29.4. The van der Waals surface area contributed by atoms with Crippen molar-refractivity contribution in [3.05, 3.63) is 57.2 Å². The fourth-order valence-corrected chi connectivity index (χ4v) is 10.2. The Morgan fingerprint density at radius 2 is 1.35 bits per heavy atom. The molecule has 29 nitrogen and oxygen atoms in total. The molecule has 32 heteroatoms. The van der Waals surface area contributed by atoms with E-state index >= 15 is 0 Å². The molecule has 1 aromatic carbocycles. The summed E-state index contributed by atoms with van der Waals surface area (Å²) in [7, 11) is 1.92. The quantitative estimate of drug-likeness (QED) is 0.0166. The van der Waals surface area contributed by atoms with Crippen LogP contribution in [-0.4, -0.2) is 227 Å². The third kappa shape index (κ3) is 21.9. The number of hydrogen-bond donors (Lipinski definition) is 11. The predicted molar refractivity (Wildman–Crippen MR) is 315 cm³/mol. The van der Waals surface area contributed by atoms with Gasteiger partial charge in [-0.2, -0.15) is 12.6 Å². The number of rotatable bonds is 31. The van der Waals surface area contributed by atoms with E-state index in [0.717, 1.165) is 52.7 Å². The van der Waals surface area contributed by atoms with E-state index in [0.29, 0.717) is 68.5 Å². The standard InChI is InChI=1S/C32H52N8O13S.C24H26FN3O4.CH2O.W/c41-24(3-8-40-30(47)17-23(54)32(40)49)33-5-10-51-12-14-53-16-15-52-13-11-50-9-4-25(42)34-18-26(43)35-19-27(44)36-20-28(45)37-21-29(46)38-22-31(48)39-6-1-2-7-39;1-4-24(31)14(19(29)10-32-23(24)30)7-18-22-13(9-27-18)21-16(26-3)6-5-12-11(2)15(25)8-17(28-22)20(12)21;1-2;/h23,54H,1-22H2,(H,33,41)(H,34,42)(H,35,43)(H,36,44)(H,37,45)(H,38,46);7-8,16,26-27,29,31H,4-6,9-10H2,1-3H3;1H2;/b;18-7-;;. The SMILES string of the molecule is C=O.CCC1(O)C(=O)OCC(O)=C1/C=C1\NCc2c1nc1cc(F)c(C)c3c1c2C(NC)CC3.O=C(CCN1C(=O)CC(S)C1=O)NCCOCCOCCOCCOCCC(=O)NCC(=O)NCC(=O)NCC(=O)NCC(=O)NCC(=O)N1CCCC1.[W]. The molecule has 0 bridgehead atoms. The van der Waals surface area contributed by atoms with Gasteiger partial charge in [0.15, 0.2) is 5.60 Å². The first-order chi connectivity index (χ1) is 42.3. The molecule has 5 heterocycles. The third-order valence-corrected chi connectivity index (χ3v) is 15.1. The summed E-state index contributed by atoms with van der Waals surface area (Å²) < 4.78 is 41.1. The van der Waals surface area contributed by atoms with Gasteiger partial charge in [-0.25, -0.2) is 14.2 Å². The summed E-state index contributed by atoms with van der Waals surface area (Å²) in [6, 6.07) is 1.58. The van der Waals surface area contributed by atoms with Crippen LogP contribution >= 0.6 is 12.6 Å². The maximum atomic E-state index is 14.7. The molecular formula is C57H80FN11O18SW. The monoisotopic (exact) mass is 1440 g/mol.